The molecular formula is C28H36N8O3. The van der Waals surface area contributed by atoms with E-state index >= 15 is 0 Å². The SMILES string of the molecule is CCN(CC)C(=O)Oc1cc2cnc(Nc3ccc(N4C[C@H]5CC[C@@H](CC4=O)N5)cn3)nc2n1C1CCCC1. The topological polar surface area (TPSA) is 118 Å². The van der Waals surface area contributed by atoms with E-state index < -0.39 is 0 Å². The fourth-order valence-corrected chi connectivity index (χ4v) is 6.11. The molecule has 2 saturated heterocycles. The number of pyridine rings is 1. The molecule has 0 aromatic carbocycles. The summed E-state index contributed by atoms with van der Waals surface area (Å²) in [6.45, 7) is 5.72. The number of carbonyl (C=O) groups excluding carboxylic acids is 2. The van der Waals surface area contributed by atoms with Crippen LogP contribution in [0.25, 0.3) is 11.0 Å². The Morgan fingerprint density at radius 3 is 2.64 bits per heavy atom. The summed E-state index contributed by atoms with van der Waals surface area (Å²) >= 11 is 0. The van der Waals surface area contributed by atoms with Gasteiger partial charge in [-0.1, -0.05) is 12.8 Å². The minimum atomic E-state index is -0.357. The van der Waals surface area contributed by atoms with Gasteiger partial charge in [-0.2, -0.15) is 4.98 Å². The number of nitrogens with zero attached hydrogens (tertiary/aromatic N) is 6. The average Bonchev–Trinajstić information content (AvgIpc) is 3.66. The molecule has 11 nitrogen and oxygen atoms in total. The third kappa shape index (κ3) is 5.15. The van der Waals surface area contributed by atoms with Crippen molar-refractivity contribution in [2.75, 3.05) is 29.9 Å². The highest BCUT2D eigenvalue weighted by atomic mass is 16.6. The van der Waals surface area contributed by atoms with E-state index in [4.69, 9.17) is 9.72 Å². The summed E-state index contributed by atoms with van der Waals surface area (Å²) in [6.07, 6.45) is 10.1. The van der Waals surface area contributed by atoms with E-state index in [2.05, 4.69) is 25.2 Å². The number of nitrogens with one attached hydrogen (secondary N) is 2. The summed E-state index contributed by atoms with van der Waals surface area (Å²) in [4.78, 5) is 42.9. The van der Waals surface area contributed by atoms with E-state index in [1.165, 1.54) is 0 Å². The summed E-state index contributed by atoms with van der Waals surface area (Å²) in [5.74, 6) is 1.64. The van der Waals surface area contributed by atoms with Crippen molar-refractivity contribution in [2.24, 2.45) is 0 Å². The number of hydrogen-bond acceptors (Lipinski definition) is 8. The first-order chi connectivity index (χ1) is 19.0. The van der Waals surface area contributed by atoms with Crippen LogP contribution in [0.3, 0.4) is 0 Å². The molecule has 1 saturated carbocycles. The van der Waals surface area contributed by atoms with Crippen molar-refractivity contribution in [1.29, 1.82) is 0 Å². The molecular weight excluding hydrogens is 496 g/mol. The molecule has 2 aliphatic heterocycles. The van der Waals surface area contributed by atoms with Crippen molar-refractivity contribution in [3.8, 4) is 5.88 Å². The third-order valence-corrected chi connectivity index (χ3v) is 8.20. The Labute approximate surface area is 227 Å². The molecule has 206 valence electrons. The molecule has 5 heterocycles. The quantitative estimate of drug-likeness (QED) is 0.460. The second kappa shape index (κ2) is 10.8. The van der Waals surface area contributed by atoms with Crippen LogP contribution >= 0.6 is 0 Å². The lowest BCUT2D eigenvalue weighted by molar-refractivity contribution is -0.118. The smallest absolute Gasteiger partial charge is 0.393 e. The van der Waals surface area contributed by atoms with Crippen LogP contribution in [0, 0.1) is 0 Å². The molecule has 2 bridgehead atoms. The van der Waals surface area contributed by atoms with Crippen LogP contribution < -0.4 is 20.3 Å². The van der Waals surface area contributed by atoms with Crippen LogP contribution in [-0.2, 0) is 4.79 Å². The fraction of sp³-hybridized carbons (Fsp3) is 0.536. The lowest BCUT2D eigenvalue weighted by Gasteiger charge is -2.24. The summed E-state index contributed by atoms with van der Waals surface area (Å²) in [6, 6.07) is 6.46. The number of fused-ring (bicyclic) bond motifs is 3. The number of hydrogen-bond donors (Lipinski definition) is 2. The molecule has 3 aromatic rings. The summed E-state index contributed by atoms with van der Waals surface area (Å²) < 4.78 is 7.92. The Balaban J connectivity index is 1.23. The van der Waals surface area contributed by atoms with Crippen molar-refractivity contribution in [3.63, 3.8) is 0 Å². The summed E-state index contributed by atoms with van der Waals surface area (Å²) in [5.41, 5.74) is 1.53. The van der Waals surface area contributed by atoms with Gasteiger partial charge < -0.3 is 25.2 Å². The van der Waals surface area contributed by atoms with Gasteiger partial charge in [-0.25, -0.2) is 14.8 Å². The van der Waals surface area contributed by atoms with Crippen LogP contribution in [-0.4, -0.2) is 68.1 Å². The van der Waals surface area contributed by atoms with Gasteiger partial charge in [-0.3, -0.25) is 9.36 Å². The highest BCUT2D eigenvalue weighted by Gasteiger charge is 2.34. The van der Waals surface area contributed by atoms with E-state index in [1.807, 2.05) is 36.9 Å². The zero-order chi connectivity index (χ0) is 26.9. The monoisotopic (exact) mass is 532 g/mol. The van der Waals surface area contributed by atoms with Gasteiger partial charge in [-0.15, -0.1) is 0 Å². The highest BCUT2D eigenvalue weighted by Crippen LogP contribution is 2.37. The number of anilines is 3. The zero-order valence-corrected chi connectivity index (χ0v) is 22.6. The maximum atomic E-state index is 12.8. The van der Waals surface area contributed by atoms with Crippen molar-refractivity contribution in [2.45, 2.75) is 76.9 Å². The summed E-state index contributed by atoms with van der Waals surface area (Å²) in [5, 5.41) is 7.57. The molecule has 1 aliphatic carbocycles. The first kappa shape index (κ1) is 25.5. The van der Waals surface area contributed by atoms with Crippen molar-refractivity contribution in [1.82, 2.24) is 29.7 Å². The van der Waals surface area contributed by atoms with Gasteiger partial charge in [0.2, 0.25) is 17.7 Å². The van der Waals surface area contributed by atoms with Crippen molar-refractivity contribution < 1.29 is 14.3 Å². The number of ether oxygens (including phenoxy) is 1. The lowest BCUT2D eigenvalue weighted by atomic mass is 10.1. The molecule has 0 unspecified atom stereocenters. The number of amides is 2. The molecule has 3 fully saturated rings. The van der Waals surface area contributed by atoms with E-state index in [0.717, 1.165) is 55.2 Å². The van der Waals surface area contributed by atoms with Gasteiger partial charge >= 0.3 is 6.09 Å². The Kier molecular flexibility index (Phi) is 7.07. The van der Waals surface area contributed by atoms with Gasteiger partial charge in [0.25, 0.3) is 0 Å². The molecule has 39 heavy (non-hydrogen) atoms. The van der Waals surface area contributed by atoms with Crippen LogP contribution in [0.4, 0.5) is 22.2 Å². The molecule has 2 amide bonds. The van der Waals surface area contributed by atoms with Crippen LogP contribution in [0.5, 0.6) is 5.88 Å². The third-order valence-electron chi connectivity index (χ3n) is 8.20. The highest BCUT2D eigenvalue weighted by molar-refractivity contribution is 5.94. The first-order valence-corrected chi connectivity index (χ1v) is 14.2. The minimum Gasteiger partial charge on any atom is -0.393 e. The van der Waals surface area contributed by atoms with Gasteiger partial charge in [0, 0.05) is 61.8 Å². The van der Waals surface area contributed by atoms with Crippen LogP contribution in [0.15, 0.2) is 30.6 Å². The van der Waals surface area contributed by atoms with Gasteiger partial charge in [0.05, 0.1) is 11.9 Å². The maximum Gasteiger partial charge on any atom is 0.416 e. The van der Waals surface area contributed by atoms with E-state index in [-0.39, 0.29) is 24.1 Å². The molecule has 0 radical (unpaired) electrons. The van der Waals surface area contributed by atoms with Crippen molar-refractivity contribution >= 4 is 40.5 Å². The number of aromatic nitrogens is 4. The second-order valence-corrected chi connectivity index (χ2v) is 10.7. The van der Waals surface area contributed by atoms with E-state index in [1.54, 1.807) is 17.3 Å². The second-order valence-electron chi connectivity index (χ2n) is 10.7. The maximum absolute atomic E-state index is 12.8. The minimum absolute atomic E-state index is 0.135. The van der Waals surface area contributed by atoms with E-state index in [9.17, 15) is 9.59 Å². The molecule has 3 aromatic heterocycles. The number of rotatable bonds is 7. The van der Waals surface area contributed by atoms with E-state index in [0.29, 0.717) is 49.7 Å². The first-order valence-electron chi connectivity index (χ1n) is 14.2. The predicted octanol–water partition coefficient (Wildman–Crippen LogP) is 4.38. The van der Waals surface area contributed by atoms with Gasteiger partial charge in [-0.05, 0) is 51.7 Å². The van der Waals surface area contributed by atoms with Gasteiger partial charge in [0.1, 0.15) is 11.5 Å². The zero-order valence-electron chi connectivity index (χ0n) is 22.6. The molecule has 0 spiro atoms. The summed E-state index contributed by atoms with van der Waals surface area (Å²) in [7, 11) is 0. The fourth-order valence-electron chi connectivity index (χ4n) is 6.11. The van der Waals surface area contributed by atoms with Crippen LogP contribution in [0.1, 0.15) is 64.8 Å². The lowest BCUT2D eigenvalue weighted by Crippen LogP contribution is -2.37. The normalized spacial score (nSPS) is 21.4. The Morgan fingerprint density at radius 1 is 1.10 bits per heavy atom. The van der Waals surface area contributed by atoms with Crippen molar-refractivity contribution in [3.05, 3.63) is 30.6 Å². The molecule has 6 rings (SSSR count). The number of carbonyl (C=O) groups is 2. The molecule has 2 N–H and O–H groups in total. The standard InChI is InChI=1S/C28H36N8O3/c1-3-34(4-2)28(38)39-25-13-18-15-30-27(33-26(18)36(25)21-7-5-6-8-21)32-23-12-11-22(16-29-23)35-17-20-10-9-19(31-20)14-24(35)37/h11-13,15-16,19-21,31H,3-10,14,17H2,1-2H3,(H,29,30,32,33)/t19-,20+/m0/s1. The Hall–Kier alpha value is -3.73. The molecule has 11 heteroatoms. The predicted molar refractivity (Wildman–Crippen MR) is 148 cm³/mol. The van der Waals surface area contributed by atoms with Crippen LogP contribution in [0.2, 0.25) is 0 Å². The Bertz CT molecular complexity index is 1350. The Morgan fingerprint density at radius 2 is 1.90 bits per heavy atom. The van der Waals surface area contributed by atoms with Gasteiger partial charge in [0.15, 0.2) is 0 Å². The molecule has 3 aliphatic rings. The average molecular weight is 533 g/mol. The largest absolute Gasteiger partial charge is 0.416 e. The molecule has 2 atom stereocenters.